The number of nitrogens with zero attached hydrogens (tertiary/aromatic N) is 3. The van der Waals surface area contributed by atoms with Crippen LogP contribution in [0.2, 0.25) is 0 Å². The van der Waals surface area contributed by atoms with E-state index in [0.29, 0.717) is 12.4 Å². The normalized spacial score (nSPS) is 10.5. The minimum atomic E-state index is 0.453. The topological polar surface area (TPSA) is 59.9 Å². The highest BCUT2D eigenvalue weighted by Gasteiger charge is 2.14. The maximum atomic E-state index is 5.19. The second-order valence-corrected chi connectivity index (χ2v) is 5.09. The van der Waals surface area contributed by atoms with Gasteiger partial charge in [-0.25, -0.2) is 9.97 Å². The maximum absolute atomic E-state index is 5.19. The highest BCUT2D eigenvalue weighted by Crippen LogP contribution is 2.24. The number of hydrogen-bond donors (Lipinski definition) is 1. The molecule has 0 amide bonds. The first-order chi connectivity index (χ1) is 9.17. The van der Waals surface area contributed by atoms with Crippen LogP contribution in [0.15, 0.2) is 18.3 Å². The van der Waals surface area contributed by atoms with Crippen molar-refractivity contribution in [3.63, 3.8) is 0 Å². The van der Waals surface area contributed by atoms with Crippen LogP contribution in [0.5, 0.6) is 0 Å². The average Bonchev–Trinajstić information content (AvgIpc) is 2.42. The molecule has 2 aromatic heterocycles. The van der Waals surface area contributed by atoms with Gasteiger partial charge in [-0.05, 0) is 41.1 Å². The Morgan fingerprint density at radius 1 is 1.37 bits per heavy atom. The van der Waals surface area contributed by atoms with Gasteiger partial charge in [0.05, 0.1) is 15.9 Å². The zero-order valence-electron chi connectivity index (χ0n) is 11.1. The summed E-state index contributed by atoms with van der Waals surface area (Å²) in [6.07, 6.45) is 1.75. The Labute approximate surface area is 126 Å². The number of halogens is 1. The first-order valence-electron chi connectivity index (χ1n) is 5.82. The highest BCUT2D eigenvalue weighted by atomic mass is 127. The molecule has 0 aliphatic heterocycles. The average molecular weight is 370 g/mol. The molecule has 0 saturated carbocycles. The van der Waals surface area contributed by atoms with Crippen LogP contribution in [0.1, 0.15) is 11.3 Å². The second kappa shape index (κ2) is 6.25. The van der Waals surface area contributed by atoms with Crippen LogP contribution in [-0.2, 0) is 11.3 Å². The van der Waals surface area contributed by atoms with Gasteiger partial charge < -0.3 is 10.1 Å². The molecular weight excluding hydrogens is 355 g/mol. The molecule has 0 aliphatic rings. The van der Waals surface area contributed by atoms with Gasteiger partial charge in [0.2, 0.25) is 0 Å². The summed E-state index contributed by atoms with van der Waals surface area (Å²) in [6.45, 7) is 2.45. The molecule has 2 heterocycles. The summed E-state index contributed by atoms with van der Waals surface area (Å²) in [5.41, 5.74) is 2.71. The van der Waals surface area contributed by atoms with Crippen molar-refractivity contribution in [2.75, 3.05) is 19.5 Å². The van der Waals surface area contributed by atoms with Crippen molar-refractivity contribution in [2.24, 2.45) is 0 Å². The number of pyridine rings is 1. The van der Waals surface area contributed by atoms with Gasteiger partial charge in [0.15, 0.2) is 5.82 Å². The number of aromatic nitrogens is 3. The zero-order valence-corrected chi connectivity index (χ0v) is 13.2. The van der Waals surface area contributed by atoms with Gasteiger partial charge in [-0.2, -0.15) is 0 Å². The van der Waals surface area contributed by atoms with E-state index in [1.807, 2.05) is 26.1 Å². The lowest BCUT2D eigenvalue weighted by molar-refractivity contribution is 0.181. The number of ether oxygens (including phenoxy) is 1. The van der Waals surface area contributed by atoms with Crippen LogP contribution in [-0.4, -0.2) is 29.1 Å². The van der Waals surface area contributed by atoms with E-state index < -0.39 is 0 Å². The quantitative estimate of drug-likeness (QED) is 0.839. The van der Waals surface area contributed by atoms with Crippen molar-refractivity contribution in [2.45, 2.75) is 13.5 Å². The first-order valence-corrected chi connectivity index (χ1v) is 6.90. The lowest BCUT2D eigenvalue weighted by Crippen LogP contribution is -2.07. The Hall–Kier alpha value is -1.28. The van der Waals surface area contributed by atoms with Gasteiger partial charge in [-0.3, -0.25) is 4.98 Å². The lowest BCUT2D eigenvalue weighted by atomic mass is 10.2. The Morgan fingerprint density at radius 3 is 2.79 bits per heavy atom. The van der Waals surface area contributed by atoms with E-state index in [2.05, 4.69) is 42.9 Å². The molecule has 2 aromatic rings. The van der Waals surface area contributed by atoms with Crippen LogP contribution in [0.3, 0.4) is 0 Å². The summed E-state index contributed by atoms with van der Waals surface area (Å²) in [7, 11) is 3.50. The minimum Gasteiger partial charge on any atom is -0.378 e. The molecule has 0 aromatic carbocycles. The summed E-state index contributed by atoms with van der Waals surface area (Å²) < 4.78 is 6.16. The third-order valence-corrected chi connectivity index (χ3v) is 3.79. The van der Waals surface area contributed by atoms with Crippen molar-refractivity contribution in [3.05, 3.63) is 33.2 Å². The van der Waals surface area contributed by atoms with Gasteiger partial charge in [-0.1, -0.05) is 6.07 Å². The number of rotatable bonds is 4. The Balaban J connectivity index is 2.58. The molecule has 0 atom stereocenters. The fourth-order valence-corrected chi connectivity index (χ4v) is 2.38. The third-order valence-electron chi connectivity index (χ3n) is 2.66. The molecule has 0 aliphatic carbocycles. The molecule has 0 radical (unpaired) electrons. The third kappa shape index (κ3) is 3.01. The molecular formula is C13H15IN4O. The molecule has 0 bridgehead atoms. The van der Waals surface area contributed by atoms with Crippen LogP contribution < -0.4 is 5.32 Å². The fraction of sp³-hybridized carbons (Fsp3) is 0.308. The van der Waals surface area contributed by atoms with Crippen molar-refractivity contribution in [3.8, 4) is 11.5 Å². The number of anilines is 1. The van der Waals surface area contributed by atoms with Crippen LogP contribution in [0.25, 0.3) is 11.5 Å². The van der Waals surface area contributed by atoms with Crippen molar-refractivity contribution >= 4 is 28.4 Å². The Morgan fingerprint density at radius 2 is 2.16 bits per heavy atom. The maximum Gasteiger partial charge on any atom is 0.180 e. The Bertz CT molecular complexity index is 589. The summed E-state index contributed by atoms with van der Waals surface area (Å²) >= 11 is 2.22. The molecule has 0 unspecified atom stereocenters. The molecule has 2 rings (SSSR count). The van der Waals surface area contributed by atoms with Gasteiger partial charge in [-0.15, -0.1) is 0 Å². The van der Waals surface area contributed by atoms with Gasteiger partial charge in [0, 0.05) is 20.4 Å². The van der Waals surface area contributed by atoms with E-state index in [0.717, 1.165) is 26.3 Å². The van der Waals surface area contributed by atoms with E-state index >= 15 is 0 Å². The van der Waals surface area contributed by atoms with E-state index in [1.54, 1.807) is 13.3 Å². The summed E-state index contributed by atoms with van der Waals surface area (Å²) in [5, 5.41) is 3.08. The molecule has 0 spiro atoms. The van der Waals surface area contributed by atoms with Crippen LogP contribution >= 0.6 is 22.6 Å². The van der Waals surface area contributed by atoms with Crippen LogP contribution in [0.4, 0.5) is 5.82 Å². The van der Waals surface area contributed by atoms with E-state index in [9.17, 15) is 0 Å². The standard InChI is InChI=1S/C13H15IN4O/c1-8-5-4-6-16-11(8)13-17-9(7-19-3)10(14)12(15-2)18-13/h4-6H,7H2,1-3H3,(H,15,17,18). The van der Waals surface area contributed by atoms with Crippen molar-refractivity contribution in [1.29, 1.82) is 0 Å². The molecule has 6 heteroatoms. The predicted octanol–water partition coefficient (Wildman–Crippen LogP) is 2.64. The van der Waals surface area contributed by atoms with Crippen LogP contribution in [0, 0.1) is 10.5 Å². The monoisotopic (exact) mass is 370 g/mol. The molecule has 0 saturated heterocycles. The van der Waals surface area contributed by atoms with E-state index in [-0.39, 0.29) is 0 Å². The summed E-state index contributed by atoms with van der Waals surface area (Å²) in [5.74, 6) is 1.41. The molecule has 100 valence electrons. The smallest absolute Gasteiger partial charge is 0.180 e. The van der Waals surface area contributed by atoms with Gasteiger partial charge in [0.25, 0.3) is 0 Å². The van der Waals surface area contributed by atoms with Crippen molar-refractivity contribution in [1.82, 2.24) is 15.0 Å². The summed E-state index contributed by atoms with van der Waals surface area (Å²) in [6, 6.07) is 3.90. The number of aryl methyl sites for hydroxylation is 1. The highest BCUT2D eigenvalue weighted by molar-refractivity contribution is 14.1. The number of nitrogens with one attached hydrogen (secondary N) is 1. The minimum absolute atomic E-state index is 0.453. The SMILES string of the molecule is CNc1nc(-c2ncccc2C)nc(COC)c1I. The molecule has 1 N–H and O–H groups in total. The molecule has 19 heavy (non-hydrogen) atoms. The van der Waals surface area contributed by atoms with Crippen molar-refractivity contribution < 1.29 is 4.74 Å². The number of methoxy groups -OCH3 is 1. The fourth-order valence-electron chi connectivity index (χ4n) is 1.72. The molecule has 5 nitrogen and oxygen atoms in total. The summed E-state index contributed by atoms with van der Waals surface area (Å²) in [4.78, 5) is 13.4. The zero-order chi connectivity index (χ0) is 13.8. The van der Waals surface area contributed by atoms with Gasteiger partial charge in [0.1, 0.15) is 11.5 Å². The largest absolute Gasteiger partial charge is 0.378 e. The lowest BCUT2D eigenvalue weighted by Gasteiger charge is -2.11. The predicted molar refractivity (Wildman–Crippen MR) is 83.0 cm³/mol. The second-order valence-electron chi connectivity index (χ2n) is 4.01. The van der Waals surface area contributed by atoms with E-state index in [1.165, 1.54) is 0 Å². The Kier molecular flexibility index (Phi) is 4.65. The first kappa shape index (κ1) is 14.1. The number of hydrogen-bond acceptors (Lipinski definition) is 5. The van der Waals surface area contributed by atoms with E-state index in [4.69, 9.17) is 4.74 Å². The van der Waals surface area contributed by atoms with Gasteiger partial charge >= 0.3 is 0 Å². The molecule has 0 fully saturated rings.